The Morgan fingerprint density at radius 1 is 1.00 bits per heavy atom. The molecule has 0 rings (SSSR count). The molecule has 0 saturated carbocycles. The van der Waals surface area contributed by atoms with Gasteiger partial charge in [-0.2, -0.15) is 12.6 Å². The van der Waals surface area contributed by atoms with Crippen molar-refractivity contribution in [3.63, 3.8) is 0 Å². The van der Waals surface area contributed by atoms with Gasteiger partial charge in [0.25, 0.3) is 0 Å². The molecule has 2 N–H and O–H groups in total. The van der Waals surface area contributed by atoms with Crippen LogP contribution in [0.3, 0.4) is 0 Å². The maximum absolute atomic E-state index is 11.6. The number of alkyl halides is 1. The van der Waals surface area contributed by atoms with E-state index >= 15 is 0 Å². The third-order valence-corrected chi connectivity index (χ3v) is 4.36. The SMILES string of the molecule is O=C(CCCCCCCCCCI)NC(CCS)C(=O)O. The van der Waals surface area contributed by atoms with E-state index in [9.17, 15) is 9.59 Å². The van der Waals surface area contributed by atoms with Gasteiger partial charge in [-0.1, -0.05) is 61.1 Å². The van der Waals surface area contributed by atoms with Crippen molar-refractivity contribution in [2.24, 2.45) is 0 Å². The molecule has 0 bridgehead atoms. The van der Waals surface area contributed by atoms with Gasteiger partial charge in [0.15, 0.2) is 0 Å². The first-order valence-electron chi connectivity index (χ1n) is 7.80. The minimum absolute atomic E-state index is 0.161. The van der Waals surface area contributed by atoms with Crippen LogP contribution in [0.25, 0.3) is 0 Å². The number of carboxylic acid groups (broad SMARTS) is 1. The smallest absolute Gasteiger partial charge is 0.326 e. The van der Waals surface area contributed by atoms with Crippen molar-refractivity contribution in [1.29, 1.82) is 0 Å². The van der Waals surface area contributed by atoms with Gasteiger partial charge in [-0.3, -0.25) is 4.79 Å². The Hall–Kier alpha value is 0.0200. The molecule has 0 aromatic carbocycles. The normalized spacial score (nSPS) is 12.1. The molecule has 0 aliphatic carbocycles. The number of hydrogen-bond donors (Lipinski definition) is 3. The molecule has 0 heterocycles. The van der Waals surface area contributed by atoms with Crippen molar-refractivity contribution in [2.75, 3.05) is 10.2 Å². The Kier molecular flexibility index (Phi) is 15.0. The van der Waals surface area contributed by atoms with E-state index in [0.717, 1.165) is 19.3 Å². The second-order valence-corrected chi connectivity index (χ2v) is 6.76. The number of nitrogens with one attached hydrogen (secondary N) is 1. The Morgan fingerprint density at radius 2 is 1.52 bits per heavy atom. The second kappa shape index (κ2) is 14.9. The fraction of sp³-hybridized carbons (Fsp3) is 0.867. The van der Waals surface area contributed by atoms with E-state index in [2.05, 4.69) is 40.5 Å². The quantitative estimate of drug-likeness (QED) is 0.170. The van der Waals surface area contributed by atoms with Crippen LogP contribution in [-0.2, 0) is 9.59 Å². The lowest BCUT2D eigenvalue weighted by molar-refractivity contribution is -0.141. The molecule has 6 heteroatoms. The highest BCUT2D eigenvalue weighted by atomic mass is 127. The minimum Gasteiger partial charge on any atom is -0.480 e. The third-order valence-electron chi connectivity index (χ3n) is 3.34. The zero-order valence-electron chi connectivity index (χ0n) is 12.7. The van der Waals surface area contributed by atoms with Gasteiger partial charge >= 0.3 is 5.97 Å². The number of halogens is 1. The number of hydrogen-bond acceptors (Lipinski definition) is 3. The van der Waals surface area contributed by atoms with Crippen LogP contribution in [0.15, 0.2) is 0 Å². The monoisotopic (exact) mass is 429 g/mol. The summed E-state index contributed by atoms with van der Waals surface area (Å²) < 4.78 is 1.25. The number of carbonyl (C=O) groups excluding carboxylic acids is 1. The summed E-state index contributed by atoms with van der Waals surface area (Å²) in [5, 5.41) is 11.5. The summed E-state index contributed by atoms with van der Waals surface area (Å²) in [7, 11) is 0. The summed E-state index contributed by atoms with van der Waals surface area (Å²) in [6, 6.07) is -0.798. The van der Waals surface area contributed by atoms with Crippen LogP contribution in [0.5, 0.6) is 0 Å². The fourth-order valence-electron chi connectivity index (χ4n) is 2.09. The lowest BCUT2D eigenvalue weighted by atomic mass is 10.1. The zero-order chi connectivity index (χ0) is 15.9. The molecule has 0 aromatic heterocycles. The van der Waals surface area contributed by atoms with Crippen molar-refractivity contribution >= 4 is 47.1 Å². The summed E-state index contributed by atoms with van der Waals surface area (Å²) in [5.41, 5.74) is 0. The van der Waals surface area contributed by atoms with Gasteiger partial charge in [0.05, 0.1) is 0 Å². The molecule has 0 radical (unpaired) electrons. The van der Waals surface area contributed by atoms with Crippen molar-refractivity contribution in [3.05, 3.63) is 0 Å². The summed E-state index contributed by atoms with van der Waals surface area (Å²) in [6.45, 7) is 0. The largest absolute Gasteiger partial charge is 0.480 e. The Balaban J connectivity index is 3.50. The van der Waals surface area contributed by atoms with E-state index in [4.69, 9.17) is 5.11 Å². The number of rotatable bonds is 14. The first-order valence-corrected chi connectivity index (χ1v) is 9.96. The summed E-state index contributed by atoms with van der Waals surface area (Å²) >= 11 is 6.41. The molecule has 124 valence electrons. The highest BCUT2D eigenvalue weighted by Crippen LogP contribution is 2.10. The highest BCUT2D eigenvalue weighted by Gasteiger charge is 2.18. The average molecular weight is 429 g/mol. The predicted octanol–water partition coefficient (Wildman–Crippen LogP) is 3.82. The van der Waals surface area contributed by atoms with E-state index in [1.54, 1.807) is 0 Å². The number of amides is 1. The van der Waals surface area contributed by atoms with Crippen LogP contribution in [0, 0.1) is 0 Å². The lowest BCUT2D eigenvalue weighted by Gasteiger charge is -2.13. The van der Waals surface area contributed by atoms with Gasteiger partial charge in [-0.25, -0.2) is 4.79 Å². The van der Waals surface area contributed by atoms with Gasteiger partial charge < -0.3 is 10.4 Å². The molecule has 0 aliphatic rings. The molecule has 0 aromatic rings. The first kappa shape index (κ1) is 21.0. The first-order chi connectivity index (χ1) is 10.1. The van der Waals surface area contributed by atoms with Crippen LogP contribution in [-0.4, -0.2) is 33.2 Å². The van der Waals surface area contributed by atoms with E-state index in [-0.39, 0.29) is 5.91 Å². The third kappa shape index (κ3) is 13.4. The molecular formula is C15H28INO3S. The van der Waals surface area contributed by atoms with Crippen molar-refractivity contribution in [3.8, 4) is 0 Å². The van der Waals surface area contributed by atoms with Gasteiger partial charge in [-0.05, 0) is 29.4 Å². The molecular weight excluding hydrogens is 401 g/mol. The van der Waals surface area contributed by atoms with E-state index in [1.807, 2.05) is 0 Å². The number of thiol groups is 1. The van der Waals surface area contributed by atoms with Crippen molar-refractivity contribution < 1.29 is 14.7 Å². The molecule has 4 nitrogen and oxygen atoms in total. The molecule has 0 saturated heterocycles. The number of carbonyl (C=O) groups is 2. The Morgan fingerprint density at radius 3 is 2.00 bits per heavy atom. The fourth-order valence-corrected chi connectivity index (χ4v) is 2.89. The lowest BCUT2D eigenvalue weighted by Crippen LogP contribution is -2.40. The van der Waals surface area contributed by atoms with Crippen LogP contribution in [0.2, 0.25) is 0 Å². The molecule has 0 fully saturated rings. The predicted molar refractivity (Wildman–Crippen MR) is 98.5 cm³/mol. The maximum atomic E-state index is 11.6. The number of unbranched alkanes of at least 4 members (excludes halogenated alkanes) is 7. The zero-order valence-corrected chi connectivity index (χ0v) is 15.7. The summed E-state index contributed by atoms with van der Waals surface area (Å²) in [5.74, 6) is -0.690. The molecule has 1 atom stereocenters. The summed E-state index contributed by atoms with van der Waals surface area (Å²) in [4.78, 5) is 22.5. The maximum Gasteiger partial charge on any atom is 0.326 e. The average Bonchev–Trinajstić information content (AvgIpc) is 2.45. The van der Waals surface area contributed by atoms with E-state index in [1.165, 1.54) is 36.5 Å². The van der Waals surface area contributed by atoms with Crippen molar-refractivity contribution in [2.45, 2.75) is 70.3 Å². The Labute approximate surface area is 147 Å². The highest BCUT2D eigenvalue weighted by molar-refractivity contribution is 14.1. The van der Waals surface area contributed by atoms with Crippen LogP contribution < -0.4 is 5.32 Å². The van der Waals surface area contributed by atoms with Gasteiger partial charge in [0.2, 0.25) is 5.91 Å². The van der Waals surface area contributed by atoms with Crippen LogP contribution in [0.4, 0.5) is 0 Å². The van der Waals surface area contributed by atoms with Crippen LogP contribution >= 0.6 is 35.2 Å². The Bertz CT molecular complexity index is 290. The molecule has 1 unspecified atom stereocenters. The second-order valence-electron chi connectivity index (χ2n) is 5.24. The molecule has 21 heavy (non-hydrogen) atoms. The topological polar surface area (TPSA) is 66.4 Å². The molecule has 0 aliphatic heterocycles. The van der Waals surface area contributed by atoms with Gasteiger partial charge in [0, 0.05) is 6.42 Å². The van der Waals surface area contributed by atoms with Gasteiger partial charge in [-0.15, -0.1) is 0 Å². The standard InChI is InChI=1S/C15H28INO3S/c16-11-8-6-4-2-1-3-5-7-9-14(18)17-13(10-12-21)15(19)20/h13,21H,1-12H2,(H,17,18)(H,19,20). The molecule has 0 spiro atoms. The number of aliphatic carboxylic acids is 1. The van der Waals surface area contributed by atoms with E-state index in [0.29, 0.717) is 18.6 Å². The number of carboxylic acids is 1. The van der Waals surface area contributed by atoms with Crippen LogP contribution in [0.1, 0.15) is 64.2 Å². The molecule has 1 amide bonds. The minimum atomic E-state index is -0.982. The van der Waals surface area contributed by atoms with E-state index < -0.39 is 12.0 Å². The van der Waals surface area contributed by atoms with Gasteiger partial charge in [0.1, 0.15) is 6.04 Å². The summed E-state index contributed by atoms with van der Waals surface area (Å²) in [6.07, 6.45) is 10.3. The van der Waals surface area contributed by atoms with Crippen molar-refractivity contribution in [1.82, 2.24) is 5.32 Å².